The van der Waals surface area contributed by atoms with Crippen LogP contribution in [-0.4, -0.2) is 41.9 Å². The third-order valence-corrected chi connectivity index (χ3v) is 7.50. The number of thiophene rings is 1. The van der Waals surface area contributed by atoms with E-state index in [1.807, 2.05) is 34.5 Å². The maximum absolute atomic E-state index is 13.0. The summed E-state index contributed by atoms with van der Waals surface area (Å²) in [6, 6.07) is 16.4. The van der Waals surface area contributed by atoms with E-state index in [9.17, 15) is 4.79 Å². The van der Waals surface area contributed by atoms with Crippen LogP contribution >= 0.6 is 22.9 Å². The third-order valence-electron chi connectivity index (χ3n) is 6.29. The Balaban J connectivity index is 1.12. The van der Waals surface area contributed by atoms with Crippen LogP contribution in [-0.2, 0) is 26.0 Å². The highest BCUT2D eigenvalue weighted by Crippen LogP contribution is 2.27. The van der Waals surface area contributed by atoms with Crippen molar-refractivity contribution in [2.24, 2.45) is 0 Å². The van der Waals surface area contributed by atoms with Crippen molar-refractivity contribution in [2.45, 2.75) is 32.4 Å². The average Bonchev–Trinajstić information content (AvgIpc) is 3.47. The molecule has 0 bridgehead atoms. The molecule has 0 atom stereocenters. The Morgan fingerprint density at radius 2 is 1.81 bits per heavy atom. The summed E-state index contributed by atoms with van der Waals surface area (Å²) in [7, 11) is 0. The maximum Gasteiger partial charge on any atom is 0.264 e. The molecule has 1 amide bonds. The molecule has 4 nitrogen and oxygen atoms in total. The highest BCUT2D eigenvalue weighted by atomic mass is 35.5. The number of ether oxygens (including phenoxy) is 1. The van der Waals surface area contributed by atoms with Crippen molar-refractivity contribution in [3.63, 3.8) is 0 Å². The van der Waals surface area contributed by atoms with Gasteiger partial charge >= 0.3 is 0 Å². The molecule has 0 spiro atoms. The Kier molecular flexibility index (Phi) is 6.49. The van der Waals surface area contributed by atoms with E-state index in [0.717, 1.165) is 60.4 Å². The Labute approximate surface area is 198 Å². The molecular weight excluding hydrogens is 440 g/mol. The number of amides is 1. The largest absolute Gasteiger partial charge is 0.489 e. The van der Waals surface area contributed by atoms with Crippen LogP contribution in [0.3, 0.4) is 0 Å². The van der Waals surface area contributed by atoms with Crippen LogP contribution in [0.2, 0.25) is 5.02 Å². The first-order chi connectivity index (χ1) is 15.6. The molecule has 0 saturated carbocycles. The van der Waals surface area contributed by atoms with Gasteiger partial charge in [0.25, 0.3) is 5.91 Å². The zero-order valence-corrected chi connectivity index (χ0v) is 19.6. The highest BCUT2D eigenvalue weighted by Gasteiger charge is 2.23. The zero-order chi connectivity index (χ0) is 21.9. The third kappa shape index (κ3) is 5.01. The number of nitrogens with zero attached hydrogens (tertiary/aromatic N) is 2. The van der Waals surface area contributed by atoms with Crippen LogP contribution in [0.4, 0.5) is 0 Å². The number of hydrogen-bond acceptors (Lipinski definition) is 4. The number of benzene rings is 2. The second-order valence-electron chi connectivity index (χ2n) is 8.59. The number of carbonyl (C=O) groups excluding carboxylic acids is 1. The predicted octanol–water partition coefficient (Wildman–Crippen LogP) is 5.43. The first kappa shape index (κ1) is 21.5. The summed E-state index contributed by atoms with van der Waals surface area (Å²) in [6.45, 7) is 4.61. The summed E-state index contributed by atoms with van der Waals surface area (Å²) in [5, 5.41) is 2.81. The molecule has 2 aromatic carbocycles. The van der Waals surface area contributed by atoms with Crippen molar-refractivity contribution in [3.8, 4) is 5.75 Å². The summed E-state index contributed by atoms with van der Waals surface area (Å²) >= 11 is 7.61. The normalized spacial score (nSPS) is 16.2. The van der Waals surface area contributed by atoms with E-state index in [-0.39, 0.29) is 5.91 Å². The number of fused-ring (bicyclic) bond motifs is 1. The molecule has 32 heavy (non-hydrogen) atoms. The lowest BCUT2D eigenvalue weighted by atomic mass is 10.1. The lowest BCUT2D eigenvalue weighted by Gasteiger charge is -2.34. The number of hydrogen-bond donors (Lipinski definition) is 0. The Bertz CT molecular complexity index is 1100. The topological polar surface area (TPSA) is 32.8 Å². The van der Waals surface area contributed by atoms with Crippen molar-refractivity contribution < 1.29 is 9.53 Å². The molecule has 5 rings (SSSR count). The Morgan fingerprint density at radius 3 is 2.66 bits per heavy atom. The first-order valence-corrected chi connectivity index (χ1v) is 12.5. The fraction of sp³-hybridized carbons (Fsp3) is 0.346. The van der Waals surface area contributed by atoms with Crippen LogP contribution in [0.15, 0.2) is 53.9 Å². The van der Waals surface area contributed by atoms with E-state index in [4.69, 9.17) is 16.3 Å². The van der Waals surface area contributed by atoms with Gasteiger partial charge < -0.3 is 9.64 Å². The Hall–Kier alpha value is -2.34. The number of carbonyl (C=O) groups is 1. The van der Waals surface area contributed by atoms with Gasteiger partial charge in [0.2, 0.25) is 0 Å². The molecule has 3 aromatic rings. The molecule has 1 fully saturated rings. The van der Waals surface area contributed by atoms with Gasteiger partial charge in [-0.3, -0.25) is 9.69 Å². The number of aryl methyl sites for hydroxylation is 2. The molecule has 1 aliphatic heterocycles. The van der Waals surface area contributed by atoms with Gasteiger partial charge in [0, 0.05) is 43.3 Å². The summed E-state index contributed by atoms with van der Waals surface area (Å²) in [4.78, 5) is 18.1. The van der Waals surface area contributed by atoms with Crippen LogP contribution in [0.5, 0.6) is 5.75 Å². The number of rotatable bonds is 6. The van der Waals surface area contributed by atoms with Gasteiger partial charge in [0.1, 0.15) is 12.4 Å². The summed E-state index contributed by atoms with van der Waals surface area (Å²) in [5.41, 5.74) is 5.13. The summed E-state index contributed by atoms with van der Waals surface area (Å²) < 4.78 is 6.00. The molecule has 0 unspecified atom stereocenters. The van der Waals surface area contributed by atoms with Crippen molar-refractivity contribution in [1.82, 2.24) is 9.80 Å². The van der Waals surface area contributed by atoms with Gasteiger partial charge in [-0.2, -0.15) is 0 Å². The first-order valence-electron chi connectivity index (χ1n) is 11.2. The minimum atomic E-state index is 0.126. The van der Waals surface area contributed by atoms with E-state index in [1.54, 1.807) is 0 Å². The fourth-order valence-electron chi connectivity index (χ4n) is 4.53. The van der Waals surface area contributed by atoms with E-state index < -0.39 is 0 Å². The minimum absolute atomic E-state index is 0.126. The van der Waals surface area contributed by atoms with Crippen molar-refractivity contribution in [3.05, 3.63) is 86.1 Å². The summed E-state index contributed by atoms with van der Waals surface area (Å²) in [5.74, 6) is 1.04. The lowest BCUT2D eigenvalue weighted by Crippen LogP contribution is -2.48. The minimum Gasteiger partial charge on any atom is -0.489 e. The van der Waals surface area contributed by atoms with Crippen LogP contribution in [0.1, 0.15) is 38.3 Å². The maximum atomic E-state index is 13.0. The standard InChI is InChI=1S/C26H27ClN2O2S/c27-23-6-1-3-19(13-23)16-28-9-11-29(12-10-28)26(30)25-14-20(18-32-25)17-31-24-8-7-21-4-2-5-22(21)15-24/h1,3,6-8,13-15,18H,2,4-5,9-12,16-17H2. The second kappa shape index (κ2) is 9.65. The lowest BCUT2D eigenvalue weighted by molar-refractivity contribution is 0.0633. The number of halogens is 1. The molecule has 6 heteroatoms. The monoisotopic (exact) mass is 466 g/mol. The predicted molar refractivity (Wildman–Crippen MR) is 130 cm³/mol. The van der Waals surface area contributed by atoms with Gasteiger partial charge in [0.15, 0.2) is 0 Å². The van der Waals surface area contributed by atoms with Crippen LogP contribution < -0.4 is 4.74 Å². The SMILES string of the molecule is O=C(c1cc(COc2ccc3c(c2)CCC3)cs1)N1CCN(Cc2cccc(Cl)c2)CC1. The van der Waals surface area contributed by atoms with Crippen LogP contribution in [0, 0.1) is 0 Å². The molecule has 0 radical (unpaired) electrons. The second-order valence-corrected chi connectivity index (χ2v) is 9.94. The van der Waals surface area contributed by atoms with Crippen molar-refractivity contribution in [2.75, 3.05) is 26.2 Å². The van der Waals surface area contributed by atoms with Gasteiger partial charge in [-0.1, -0.05) is 29.8 Å². The van der Waals surface area contributed by atoms with Gasteiger partial charge in [0.05, 0.1) is 4.88 Å². The summed E-state index contributed by atoms with van der Waals surface area (Å²) in [6.07, 6.45) is 3.57. The molecule has 1 aliphatic carbocycles. The quantitative estimate of drug-likeness (QED) is 0.485. The molecule has 1 saturated heterocycles. The van der Waals surface area contributed by atoms with E-state index in [2.05, 4.69) is 29.2 Å². The fourth-order valence-corrected chi connectivity index (χ4v) is 5.60. The molecular formula is C26H27ClN2O2S. The molecule has 1 aromatic heterocycles. The van der Waals surface area contributed by atoms with E-state index in [1.165, 1.54) is 40.9 Å². The smallest absolute Gasteiger partial charge is 0.264 e. The van der Waals surface area contributed by atoms with Gasteiger partial charge in [-0.15, -0.1) is 11.3 Å². The van der Waals surface area contributed by atoms with Crippen molar-refractivity contribution in [1.29, 1.82) is 0 Å². The molecule has 2 heterocycles. The molecule has 0 N–H and O–H groups in total. The number of piperazine rings is 1. The zero-order valence-electron chi connectivity index (χ0n) is 18.1. The Morgan fingerprint density at radius 1 is 0.969 bits per heavy atom. The molecule has 166 valence electrons. The molecule has 2 aliphatic rings. The van der Waals surface area contributed by atoms with Gasteiger partial charge in [-0.25, -0.2) is 0 Å². The van der Waals surface area contributed by atoms with E-state index in [0.29, 0.717) is 6.61 Å². The van der Waals surface area contributed by atoms with Crippen LogP contribution in [0.25, 0.3) is 0 Å². The van der Waals surface area contributed by atoms with Gasteiger partial charge in [-0.05, 0) is 71.7 Å². The highest BCUT2D eigenvalue weighted by molar-refractivity contribution is 7.12. The van der Waals surface area contributed by atoms with Crippen molar-refractivity contribution >= 4 is 28.8 Å². The van der Waals surface area contributed by atoms with E-state index >= 15 is 0 Å². The average molecular weight is 467 g/mol.